The summed E-state index contributed by atoms with van der Waals surface area (Å²) < 4.78 is 27.1. The number of nitrogens with one attached hydrogen (secondary N) is 1. The van der Waals surface area contributed by atoms with Gasteiger partial charge in [-0.2, -0.15) is 0 Å². The van der Waals surface area contributed by atoms with Crippen molar-refractivity contribution in [3.05, 3.63) is 29.3 Å². The van der Waals surface area contributed by atoms with Crippen molar-refractivity contribution in [2.45, 2.75) is 44.6 Å². The molecule has 1 rings (SSSR count). The Morgan fingerprint density at radius 3 is 2.39 bits per heavy atom. The third kappa shape index (κ3) is 3.31. The molecule has 102 valence electrons. The van der Waals surface area contributed by atoms with Crippen molar-refractivity contribution in [2.75, 3.05) is 6.61 Å². The lowest BCUT2D eigenvalue weighted by atomic mass is 10.0. The van der Waals surface area contributed by atoms with Crippen LogP contribution < -0.4 is 4.72 Å². The van der Waals surface area contributed by atoms with Crippen LogP contribution in [0.4, 0.5) is 0 Å². The Labute approximate surface area is 109 Å². The molecule has 0 amide bonds. The molecule has 0 bridgehead atoms. The van der Waals surface area contributed by atoms with Gasteiger partial charge in [0.05, 0.1) is 17.0 Å². The Hall–Kier alpha value is -0.910. The number of rotatable bonds is 5. The van der Waals surface area contributed by atoms with Crippen LogP contribution in [0.15, 0.2) is 23.1 Å². The van der Waals surface area contributed by atoms with Crippen molar-refractivity contribution >= 4 is 10.0 Å². The fraction of sp³-hybridized carbons (Fsp3) is 0.538. The number of aryl methyl sites for hydroxylation is 2. The van der Waals surface area contributed by atoms with Crippen LogP contribution in [0.3, 0.4) is 0 Å². The van der Waals surface area contributed by atoms with Crippen molar-refractivity contribution in [1.29, 1.82) is 0 Å². The highest BCUT2D eigenvalue weighted by Gasteiger charge is 2.29. The van der Waals surface area contributed by atoms with Gasteiger partial charge in [0.2, 0.25) is 10.0 Å². The Kier molecular flexibility index (Phi) is 4.53. The van der Waals surface area contributed by atoms with E-state index in [1.807, 2.05) is 19.9 Å². The average Bonchev–Trinajstić information content (AvgIpc) is 2.27. The van der Waals surface area contributed by atoms with Crippen LogP contribution in [-0.4, -0.2) is 25.7 Å². The Morgan fingerprint density at radius 1 is 1.33 bits per heavy atom. The van der Waals surface area contributed by atoms with Crippen molar-refractivity contribution in [1.82, 2.24) is 4.72 Å². The zero-order chi connectivity index (χ0) is 14.0. The van der Waals surface area contributed by atoms with Gasteiger partial charge in [0.25, 0.3) is 0 Å². The monoisotopic (exact) mass is 271 g/mol. The standard InChI is InChI=1S/C13H21NO3S/c1-5-13(4,9-15)14-18(16,17)12-7-6-10(2)8-11(12)3/h6-8,14-15H,5,9H2,1-4H3. The average molecular weight is 271 g/mol. The third-order valence-corrected chi connectivity index (χ3v) is 4.93. The largest absolute Gasteiger partial charge is 0.394 e. The lowest BCUT2D eigenvalue weighted by Crippen LogP contribution is -2.48. The highest BCUT2D eigenvalue weighted by Crippen LogP contribution is 2.19. The molecule has 0 aliphatic heterocycles. The molecule has 2 N–H and O–H groups in total. The normalized spacial score (nSPS) is 15.4. The van der Waals surface area contributed by atoms with Crippen LogP contribution in [-0.2, 0) is 10.0 Å². The first-order valence-electron chi connectivity index (χ1n) is 5.96. The van der Waals surface area contributed by atoms with Gasteiger partial charge in [0.1, 0.15) is 0 Å². The number of hydrogen-bond donors (Lipinski definition) is 2. The molecule has 0 saturated carbocycles. The van der Waals surface area contributed by atoms with Gasteiger partial charge in [0, 0.05) is 0 Å². The molecular weight excluding hydrogens is 250 g/mol. The highest BCUT2D eigenvalue weighted by atomic mass is 32.2. The van der Waals surface area contributed by atoms with Gasteiger partial charge in [-0.05, 0) is 38.8 Å². The molecule has 0 radical (unpaired) electrons. The summed E-state index contributed by atoms with van der Waals surface area (Å²) in [4.78, 5) is 0.265. The first kappa shape index (κ1) is 15.1. The van der Waals surface area contributed by atoms with Gasteiger partial charge >= 0.3 is 0 Å². The number of benzene rings is 1. The van der Waals surface area contributed by atoms with Gasteiger partial charge in [-0.3, -0.25) is 0 Å². The van der Waals surface area contributed by atoms with Crippen molar-refractivity contribution in [2.24, 2.45) is 0 Å². The van der Waals surface area contributed by atoms with E-state index < -0.39 is 15.6 Å². The van der Waals surface area contributed by atoms with E-state index in [2.05, 4.69) is 4.72 Å². The summed E-state index contributed by atoms with van der Waals surface area (Å²) in [5, 5.41) is 9.28. The molecule has 0 saturated heterocycles. The van der Waals surface area contributed by atoms with Crippen LogP contribution in [0.1, 0.15) is 31.4 Å². The maximum absolute atomic E-state index is 12.3. The lowest BCUT2D eigenvalue weighted by Gasteiger charge is -2.27. The molecule has 4 nitrogen and oxygen atoms in total. The zero-order valence-electron chi connectivity index (χ0n) is 11.3. The number of hydrogen-bond acceptors (Lipinski definition) is 3. The van der Waals surface area contributed by atoms with Crippen LogP contribution >= 0.6 is 0 Å². The van der Waals surface area contributed by atoms with E-state index in [1.54, 1.807) is 26.0 Å². The van der Waals surface area contributed by atoms with Crippen LogP contribution in [0.25, 0.3) is 0 Å². The third-order valence-electron chi connectivity index (χ3n) is 3.13. The van der Waals surface area contributed by atoms with Gasteiger partial charge in [-0.15, -0.1) is 0 Å². The van der Waals surface area contributed by atoms with Crippen LogP contribution in [0.2, 0.25) is 0 Å². The van der Waals surface area contributed by atoms with Crippen molar-refractivity contribution in [3.63, 3.8) is 0 Å². The minimum Gasteiger partial charge on any atom is -0.394 e. The number of sulfonamides is 1. The zero-order valence-corrected chi connectivity index (χ0v) is 12.1. The Morgan fingerprint density at radius 2 is 1.94 bits per heavy atom. The summed E-state index contributed by atoms with van der Waals surface area (Å²) >= 11 is 0. The van der Waals surface area contributed by atoms with Crippen LogP contribution in [0.5, 0.6) is 0 Å². The number of aliphatic hydroxyl groups excluding tert-OH is 1. The summed E-state index contributed by atoms with van der Waals surface area (Å²) in [6.07, 6.45) is 0.521. The minimum absolute atomic E-state index is 0.229. The van der Waals surface area contributed by atoms with E-state index in [0.717, 1.165) is 5.56 Å². The Balaban J connectivity index is 3.15. The second-order valence-corrected chi connectivity index (χ2v) is 6.60. The van der Waals surface area contributed by atoms with E-state index in [0.29, 0.717) is 12.0 Å². The van der Waals surface area contributed by atoms with E-state index in [-0.39, 0.29) is 11.5 Å². The maximum atomic E-state index is 12.3. The van der Waals surface area contributed by atoms with E-state index in [4.69, 9.17) is 0 Å². The summed E-state index contributed by atoms with van der Waals surface area (Å²) in [7, 11) is -3.60. The van der Waals surface area contributed by atoms with E-state index >= 15 is 0 Å². The predicted octanol–water partition coefficient (Wildman–Crippen LogP) is 1.74. The molecule has 1 unspecified atom stereocenters. The van der Waals surface area contributed by atoms with Crippen molar-refractivity contribution in [3.8, 4) is 0 Å². The molecule has 0 aromatic heterocycles. The molecule has 5 heteroatoms. The molecule has 1 atom stereocenters. The van der Waals surface area contributed by atoms with Crippen molar-refractivity contribution < 1.29 is 13.5 Å². The SMILES string of the molecule is CCC(C)(CO)NS(=O)(=O)c1ccc(C)cc1C. The minimum atomic E-state index is -3.60. The summed E-state index contributed by atoms with van der Waals surface area (Å²) in [5.74, 6) is 0. The van der Waals surface area contributed by atoms with Gasteiger partial charge in [-0.25, -0.2) is 13.1 Å². The first-order valence-corrected chi connectivity index (χ1v) is 7.44. The Bertz CT molecular complexity index is 519. The predicted molar refractivity (Wildman–Crippen MR) is 72.0 cm³/mol. The molecule has 0 heterocycles. The quantitative estimate of drug-likeness (QED) is 0.857. The molecular formula is C13H21NO3S. The second-order valence-electron chi connectivity index (χ2n) is 4.95. The van der Waals surface area contributed by atoms with E-state index in [9.17, 15) is 13.5 Å². The van der Waals surface area contributed by atoms with Gasteiger partial charge < -0.3 is 5.11 Å². The molecule has 1 aromatic carbocycles. The maximum Gasteiger partial charge on any atom is 0.241 e. The second kappa shape index (κ2) is 5.38. The summed E-state index contributed by atoms with van der Waals surface area (Å²) in [6.45, 7) is 6.98. The topological polar surface area (TPSA) is 66.4 Å². The van der Waals surface area contributed by atoms with E-state index in [1.165, 1.54) is 0 Å². The summed E-state index contributed by atoms with van der Waals surface area (Å²) in [5.41, 5.74) is 0.904. The molecule has 0 aliphatic rings. The molecule has 0 aliphatic carbocycles. The molecule has 0 spiro atoms. The fourth-order valence-electron chi connectivity index (χ4n) is 1.70. The van der Waals surface area contributed by atoms with Gasteiger partial charge in [0.15, 0.2) is 0 Å². The summed E-state index contributed by atoms with van der Waals surface area (Å²) in [6, 6.07) is 5.20. The number of aliphatic hydroxyl groups is 1. The highest BCUT2D eigenvalue weighted by molar-refractivity contribution is 7.89. The lowest BCUT2D eigenvalue weighted by molar-refractivity contribution is 0.191. The molecule has 1 aromatic rings. The molecule has 18 heavy (non-hydrogen) atoms. The smallest absolute Gasteiger partial charge is 0.241 e. The molecule has 0 fully saturated rings. The first-order chi connectivity index (χ1) is 8.24. The van der Waals surface area contributed by atoms with Gasteiger partial charge in [-0.1, -0.05) is 24.6 Å². The fourth-order valence-corrected chi connectivity index (χ4v) is 3.39. The van der Waals surface area contributed by atoms with Crippen LogP contribution in [0, 0.1) is 13.8 Å².